The number of halogens is 1. The van der Waals surface area contributed by atoms with E-state index in [-0.39, 0.29) is 11.8 Å². The van der Waals surface area contributed by atoms with Crippen molar-refractivity contribution in [3.05, 3.63) is 24.2 Å². The minimum atomic E-state index is -0.336. The van der Waals surface area contributed by atoms with Crippen molar-refractivity contribution in [2.45, 2.75) is 13.3 Å². The first-order valence-electron chi connectivity index (χ1n) is 5.62. The Morgan fingerprint density at radius 3 is 2.89 bits per heavy atom. The van der Waals surface area contributed by atoms with Crippen LogP contribution in [0.4, 0.5) is 5.82 Å². The molecular formula is C11H12ClN5O2. The van der Waals surface area contributed by atoms with Crippen LogP contribution in [0.5, 0.6) is 0 Å². The van der Waals surface area contributed by atoms with E-state index < -0.39 is 0 Å². The summed E-state index contributed by atoms with van der Waals surface area (Å²) >= 11 is 5.34. The van der Waals surface area contributed by atoms with E-state index in [4.69, 9.17) is 16.1 Å². The average Bonchev–Trinajstić information content (AvgIpc) is 2.94. The second-order valence-electron chi connectivity index (χ2n) is 3.61. The maximum atomic E-state index is 10.9. The van der Waals surface area contributed by atoms with Gasteiger partial charge in [-0.2, -0.15) is 4.98 Å². The van der Waals surface area contributed by atoms with E-state index in [0.29, 0.717) is 29.5 Å². The number of carbonyl (C=O) groups is 1. The number of rotatable bonds is 5. The SMILES string of the molecule is CCc1noc(-c2ccc(NNC(=O)CCl)nc2)n1. The molecule has 2 rings (SSSR count). The van der Waals surface area contributed by atoms with Crippen LogP contribution in [0.1, 0.15) is 12.7 Å². The fourth-order valence-corrected chi connectivity index (χ4v) is 1.34. The summed E-state index contributed by atoms with van der Waals surface area (Å²) in [5.74, 6) is 1.09. The van der Waals surface area contributed by atoms with Crippen LogP contribution in [-0.2, 0) is 11.2 Å². The third kappa shape index (κ3) is 3.41. The van der Waals surface area contributed by atoms with Gasteiger partial charge < -0.3 is 4.52 Å². The summed E-state index contributed by atoms with van der Waals surface area (Å²) in [6.45, 7) is 1.94. The summed E-state index contributed by atoms with van der Waals surface area (Å²) in [5, 5.41) is 3.80. The van der Waals surface area contributed by atoms with Crippen molar-refractivity contribution in [1.82, 2.24) is 20.6 Å². The number of hydrazine groups is 1. The quantitative estimate of drug-likeness (QED) is 0.635. The first kappa shape index (κ1) is 13.3. The largest absolute Gasteiger partial charge is 0.334 e. The molecule has 0 bridgehead atoms. The average molecular weight is 282 g/mol. The fourth-order valence-electron chi connectivity index (χ4n) is 1.28. The lowest BCUT2D eigenvalue weighted by molar-refractivity contribution is -0.118. The molecule has 0 saturated carbocycles. The second kappa shape index (κ2) is 6.14. The Morgan fingerprint density at radius 2 is 2.32 bits per heavy atom. The van der Waals surface area contributed by atoms with Gasteiger partial charge in [0.25, 0.3) is 11.8 Å². The van der Waals surface area contributed by atoms with Gasteiger partial charge in [-0.3, -0.25) is 15.6 Å². The van der Waals surface area contributed by atoms with Crippen LogP contribution in [-0.4, -0.2) is 26.9 Å². The van der Waals surface area contributed by atoms with Crippen molar-refractivity contribution in [2.75, 3.05) is 11.3 Å². The van der Waals surface area contributed by atoms with Gasteiger partial charge in [0.05, 0.1) is 5.56 Å². The van der Waals surface area contributed by atoms with Crippen molar-refractivity contribution in [3.63, 3.8) is 0 Å². The summed E-state index contributed by atoms with van der Waals surface area (Å²) in [5.41, 5.74) is 5.72. The molecule has 0 saturated heterocycles. The third-order valence-electron chi connectivity index (χ3n) is 2.25. The van der Waals surface area contributed by atoms with E-state index in [2.05, 4.69) is 26.0 Å². The maximum absolute atomic E-state index is 10.9. The van der Waals surface area contributed by atoms with Gasteiger partial charge in [0.15, 0.2) is 5.82 Å². The monoisotopic (exact) mass is 281 g/mol. The predicted octanol–water partition coefficient (Wildman–Crippen LogP) is 1.38. The van der Waals surface area contributed by atoms with E-state index in [0.717, 1.165) is 0 Å². The molecule has 0 radical (unpaired) electrons. The van der Waals surface area contributed by atoms with E-state index in [1.54, 1.807) is 18.3 Å². The first-order valence-corrected chi connectivity index (χ1v) is 6.16. The molecule has 0 aromatic carbocycles. The molecule has 0 atom stereocenters. The molecule has 1 amide bonds. The van der Waals surface area contributed by atoms with E-state index in [1.807, 2.05) is 6.92 Å². The number of anilines is 1. The van der Waals surface area contributed by atoms with Gasteiger partial charge in [0.2, 0.25) is 0 Å². The Hall–Kier alpha value is -2.15. The second-order valence-corrected chi connectivity index (χ2v) is 3.88. The van der Waals surface area contributed by atoms with Crippen molar-refractivity contribution in [1.29, 1.82) is 0 Å². The van der Waals surface area contributed by atoms with Crippen LogP contribution < -0.4 is 10.9 Å². The van der Waals surface area contributed by atoms with Crippen LogP contribution in [0, 0.1) is 0 Å². The molecule has 7 nitrogen and oxygen atoms in total. The number of hydrogen-bond donors (Lipinski definition) is 2. The number of aromatic nitrogens is 3. The highest BCUT2D eigenvalue weighted by Crippen LogP contribution is 2.17. The molecule has 0 spiro atoms. The molecule has 2 aromatic rings. The number of pyridine rings is 1. The highest BCUT2D eigenvalue weighted by molar-refractivity contribution is 6.27. The lowest BCUT2D eigenvalue weighted by Crippen LogP contribution is -2.30. The summed E-state index contributed by atoms with van der Waals surface area (Å²) < 4.78 is 5.09. The number of alkyl halides is 1. The Balaban J connectivity index is 2.03. The Labute approximate surface area is 114 Å². The minimum Gasteiger partial charge on any atom is -0.334 e. The molecule has 0 fully saturated rings. The van der Waals surface area contributed by atoms with Crippen LogP contribution in [0.3, 0.4) is 0 Å². The Morgan fingerprint density at radius 1 is 1.47 bits per heavy atom. The lowest BCUT2D eigenvalue weighted by Gasteiger charge is -2.05. The molecule has 19 heavy (non-hydrogen) atoms. The molecule has 2 aromatic heterocycles. The molecule has 0 unspecified atom stereocenters. The number of carbonyl (C=O) groups excluding carboxylic acids is 1. The van der Waals surface area contributed by atoms with Crippen molar-refractivity contribution in [3.8, 4) is 11.5 Å². The smallest absolute Gasteiger partial charge is 0.259 e. The maximum Gasteiger partial charge on any atom is 0.259 e. The van der Waals surface area contributed by atoms with Gasteiger partial charge in [-0.1, -0.05) is 12.1 Å². The zero-order valence-electron chi connectivity index (χ0n) is 10.2. The zero-order valence-corrected chi connectivity index (χ0v) is 10.9. The molecule has 0 aliphatic carbocycles. The first-order chi connectivity index (χ1) is 9.22. The van der Waals surface area contributed by atoms with Crippen molar-refractivity contribution < 1.29 is 9.32 Å². The number of amides is 1. The normalized spacial score (nSPS) is 10.2. The summed E-state index contributed by atoms with van der Waals surface area (Å²) in [6, 6.07) is 3.44. The van der Waals surface area contributed by atoms with Gasteiger partial charge >= 0.3 is 0 Å². The number of aryl methyl sites for hydroxylation is 1. The van der Waals surface area contributed by atoms with Crippen molar-refractivity contribution >= 4 is 23.3 Å². The predicted molar refractivity (Wildman–Crippen MR) is 69.4 cm³/mol. The molecule has 8 heteroatoms. The molecular weight excluding hydrogens is 270 g/mol. The number of nitrogens with one attached hydrogen (secondary N) is 2. The molecule has 0 aliphatic heterocycles. The summed E-state index contributed by atoms with van der Waals surface area (Å²) in [4.78, 5) is 19.2. The zero-order chi connectivity index (χ0) is 13.7. The third-order valence-corrected chi connectivity index (χ3v) is 2.49. The molecule has 0 aliphatic rings. The Bertz CT molecular complexity index is 554. The van der Waals surface area contributed by atoms with Crippen molar-refractivity contribution in [2.24, 2.45) is 0 Å². The highest BCUT2D eigenvalue weighted by atomic mass is 35.5. The van der Waals surface area contributed by atoms with E-state index >= 15 is 0 Å². The van der Waals surface area contributed by atoms with Crippen LogP contribution in [0.2, 0.25) is 0 Å². The van der Waals surface area contributed by atoms with Gasteiger partial charge in [0.1, 0.15) is 11.7 Å². The molecule has 2 heterocycles. The minimum absolute atomic E-state index is 0.118. The van der Waals surface area contributed by atoms with Gasteiger partial charge in [-0.15, -0.1) is 11.6 Å². The van der Waals surface area contributed by atoms with Gasteiger partial charge in [-0.05, 0) is 12.1 Å². The molecule has 100 valence electrons. The standard InChI is InChI=1S/C11H12ClN5O2/c1-2-8-14-11(19-17-8)7-3-4-9(13-6-7)15-16-10(18)5-12/h3-4,6H,2,5H2,1H3,(H,13,15)(H,16,18). The lowest BCUT2D eigenvalue weighted by atomic mass is 10.3. The number of hydrogen-bond acceptors (Lipinski definition) is 6. The highest BCUT2D eigenvalue weighted by Gasteiger charge is 2.08. The summed E-state index contributed by atoms with van der Waals surface area (Å²) in [6.07, 6.45) is 2.28. The Kier molecular flexibility index (Phi) is 4.30. The fraction of sp³-hybridized carbons (Fsp3) is 0.273. The van der Waals surface area contributed by atoms with E-state index in [1.165, 1.54) is 0 Å². The van der Waals surface area contributed by atoms with Gasteiger partial charge in [-0.25, -0.2) is 4.98 Å². The van der Waals surface area contributed by atoms with Crippen LogP contribution >= 0.6 is 11.6 Å². The summed E-state index contributed by atoms with van der Waals surface area (Å²) in [7, 11) is 0. The molecule has 2 N–H and O–H groups in total. The van der Waals surface area contributed by atoms with Crippen LogP contribution in [0.25, 0.3) is 11.5 Å². The number of nitrogens with zero attached hydrogens (tertiary/aromatic N) is 3. The van der Waals surface area contributed by atoms with Crippen LogP contribution in [0.15, 0.2) is 22.9 Å². The van der Waals surface area contributed by atoms with E-state index in [9.17, 15) is 4.79 Å². The topological polar surface area (TPSA) is 92.9 Å². The van der Waals surface area contributed by atoms with Gasteiger partial charge in [0, 0.05) is 12.6 Å².